The largest absolute Gasteiger partial charge is 0.318 e. The molecule has 0 fully saturated rings. The molecule has 2 nitrogen and oxygen atoms in total. The average molecular weight is 336 g/mol. The van der Waals surface area contributed by atoms with Gasteiger partial charge < -0.3 is 6.23 Å². The van der Waals surface area contributed by atoms with Crippen molar-refractivity contribution in [3.8, 4) is 0 Å². The maximum atomic E-state index is 2.28. The van der Waals surface area contributed by atoms with Crippen LogP contribution in [0.25, 0.3) is 0 Å². The quantitative estimate of drug-likeness (QED) is 0.492. The van der Waals surface area contributed by atoms with E-state index in [-0.39, 0.29) is 0 Å². The Morgan fingerprint density at radius 1 is 1.00 bits per heavy atom. The molecule has 0 aromatic carbocycles. The van der Waals surface area contributed by atoms with Crippen LogP contribution in [0.5, 0.6) is 0 Å². The molecule has 0 radical (unpaired) electrons. The maximum Gasteiger partial charge on any atom is 0.0587 e. The summed E-state index contributed by atoms with van der Waals surface area (Å²) in [4.78, 5) is 0. The highest BCUT2D eigenvalue weighted by atomic mass is 127. The van der Waals surface area contributed by atoms with Crippen molar-refractivity contribution in [1.29, 1.82) is 0 Å². The molecule has 0 saturated carbocycles. The summed E-state index contributed by atoms with van der Waals surface area (Å²) in [7, 11) is 0. The van der Waals surface area contributed by atoms with Crippen LogP contribution in [0.4, 0.5) is 0 Å². The van der Waals surface area contributed by atoms with E-state index < -0.39 is 0 Å². The van der Waals surface area contributed by atoms with Crippen LogP contribution in [0.15, 0.2) is 12.4 Å². The minimum absolute atomic E-state index is 1.12. The highest BCUT2D eigenvalue weighted by Crippen LogP contribution is 2.10. The molecule has 0 aromatic rings. The minimum atomic E-state index is 1.12. The Morgan fingerprint density at radius 2 is 1.38 bits per heavy atom. The van der Waals surface area contributed by atoms with E-state index >= 15 is 0 Å². The van der Waals surface area contributed by atoms with Gasteiger partial charge in [0.15, 0.2) is 0 Å². The van der Waals surface area contributed by atoms with Crippen LogP contribution in [-0.2, 0) is 0 Å². The first-order valence-corrected chi connectivity index (χ1v) is 4.25. The van der Waals surface area contributed by atoms with E-state index in [0.29, 0.717) is 0 Å². The maximum absolute atomic E-state index is 2.28. The molecule has 46 valence electrons. The lowest BCUT2D eigenvalue weighted by molar-refractivity contribution is 0.519. The Balaban J connectivity index is 2.42. The van der Waals surface area contributed by atoms with Crippen molar-refractivity contribution in [3.63, 3.8) is 0 Å². The van der Waals surface area contributed by atoms with Crippen molar-refractivity contribution in [1.82, 2.24) is 6.23 Å². The van der Waals surface area contributed by atoms with Gasteiger partial charge in [-0.1, -0.05) is 0 Å². The van der Waals surface area contributed by atoms with Crippen LogP contribution in [0, 0.1) is 0 Å². The SMILES string of the molecule is IN1C=CN(I)CC1. The van der Waals surface area contributed by atoms with Gasteiger partial charge in [-0.15, -0.1) is 0 Å². The molecule has 1 aliphatic rings. The Kier molecular flexibility index (Phi) is 2.67. The fraction of sp³-hybridized carbons (Fsp3) is 0.500. The van der Waals surface area contributed by atoms with E-state index in [1.165, 1.54) is 0 Å². The molecule has 1 heterocycles. The minimum Gasteiger partial charge on any atom is -0.318 e. The van der Waals surface area contributed by atoms with Crippen molar-refractivity contribution in [2.24, 2.45) is 0 Å². The molecular weight excluding hydrogens is 330 g/mol. The molecule has 0 N–H and O–H groups in total. The molecule has 1 rings (SSSR count). The van der Waals surface area contributed by atoms with Crippen LogP contribution in [-0.4, -0.2) is 19.3 Å². The Morgan fingerprint density at radius 3 is 1.62 bits per heavy atom. The van der Waals surface area contributed by atoms with Gasteiger partial charge >= 0.3 is 0 Å². The molecule has 0 aliphatic carbocycles. The molecule has 8 heavy (non-hydrogen) atoms. The van der Waals surface area contributed by atoms with E-state index in [9.17, 15) is 0 Å². The summed E-state index contributed by atoms with van der Waals surface area (Å²) >= 11 is 4.57. The fourth-order valence-corrected chi connectivity index (χ4v) is 1.20. The zero-order chi connectivity index (χ0) is 5.98. The van der Waals surface area contributed by atoms with Crippen LogP contribution in [0.3, 0.4) is 0 Å². The number of hydrogen-bond acceptors (Lipinski definition) is 2. The Labute approximate surface area is 76.9 Å². The van der Waals surface area contributed by atoms with Crippen molar-refractivity contribution >= 4 is 45.7 Å². The Bertz CT molecular complexity index is 92.2. The molecule has 4 heteroatoms. The van der Waals surface area contributed by atoms with Crippen LogP contribution in [0.2, 0.25) is 0 Å². The summed E-state index contributed by atoms with van der Waals surface area (Å²) in [6, 6.07) is 0. The molecule has 0 bridgehead atoms. The summed E-state index contributed by atoms with van der Waals surface area (Å²) < 4.78 is 4.29. The smallest absolute Gasteiger partial charge is 0.0587 e. The summed E-state index contributed by atoms with van der Waals surface area (Å²) in [6.45, 7) is 2.25. The van der Waals surface area contributed by atoms with Gasteiger partial charge in [0.25, 0.3) is 0 Å². The van der Waals surface area contributed by atoms with Gasteiger partial charge in [0, 0.05) is 25.5 Å². The third-order valence-electron chi connectivity index (χ3n) is 0.917. The highest BCUT2D eigenvalue weighted by molar-refractivity contribution is 14.1. The average Bonchev–Trinajstić information content (AvgIpc) is 1.77. The zero-order valence-electron chi connectivity index (χ0n) is 4.22. The van der Waals surface area contributed by atoms with E-state index in [2.05, 4.69) is 64.4 Å². The summed E-state index contributed by atoms with van der Waals surface area (Å²) in [6.07, 6.45) is 4.13. The van der Waals surface area contributed by atoms with Gasteiger partial charge in [-0.25, -0.2) is 0 Å². The first-order chi connectivity index (χ1) is 3.79. The number of hydrogen-bond donors (Lipinski definition) is 0. The van der Waals surface area contributed by atoms with Gasteiger partial charge in [-0.3, -0.25) is 0 Å². The third kappa shape index (κ3) is 1.96. The lowest BCUT2D eigenvalue weighted by Crippen LogP contribution is -2.22. The van der Waals surface area contributed by atoms with Crippen molar-refractivity contribution in [3.05, 3.63) is 12.4 Å². The number of rotatable bonds is 0. The van der Waals surface area contributed by atoms with Crippen molar-refractivity contribution in [2.45, 2.75) is 0 Å². The van der Waals surface area contributed by atoms with Crippen LogP contribution < -0.4 is 0 Å². The second kappa shape index (κ2) is 3.09. The molecule has 0 unspecified atom stereocenters. The lowest BCUT2D eigenvalue weighted by Gasteiger charge is -2.21. The molecule has 1 aliphatic heterocycles. The molecular formula is C4H6I2N2. The molecule has 0 spiro atoms. The van der Waals surface area contributed by atoms with Crippen molar-refractivity contribution in [2.75, 3.05) is 13.1 Å². The predicted octanol–water partition coefficient (Wildman–Crippen LogP) is 1.78. The van der Waals surface area contributed by atoms with Crippen molar-refractivity contribution < 1.29 is 0 Å². The lowest BCUT2D eigenvalue weighted by atomic mass is 10.5. The number of halogens is 2. The summed E-state index contributed by atoms with van der Waals surface area (Å²) in [5.41, 5.74) is 0. The molecule has 0 saturated heterocycles. The normalized spacial score (nSPS) is 19.8. The summed E-state index contributed by atoms with van der Waals surface area (Å²) in [5, 5.41) is 0. The number of nitrogens with zero attached hydrogens (tertiary/aromatic N) is 2. The topological polar surface area (TPSA) is 6.48 Å². The van der Waals surface area contributed by atoms with Gasteiger partial charge in [0.2, 0.25) is 0 Å². The predicted molar refractivity (Wildman–Crippen MR) is 50.6 cm³/mol. The highest BCUT2D eigenvalue weighted by Gasteiger charge is 2.02. The second-order valence-electron chi connectivity index (χ2n) is 1.54. The van der Waals surface area contributed by atoms with E-state index in [1.54, 1.807) is 0 Å². The second-order valence-corrected chi connectivity index (χ2v) is 4.02. The summed E-state index contributed by atoms with van der Waals surface area (Å²) in [5.74, 6) is 0. The fourth-order valence-electron chi connectivity index (χ4n) is 0.485. The van der Waals surface area contributed by atoms with Gasteiger partial charge in [0.1, 0.15) is 0 Å². The Hall–Kier alpha value is 0.800. The van der Waals surface area contributed by atoms with Gasteiger partial charge in [-0.2, -0.15) is 0 Å². The van der Waals surface area contributed by atoms with E-state index in [4.69, 9.17) is 0 Å². The first kappa shape index (κ1) is 6.91. The van der Waals surface area contributed by atoms with Gasteiger partial charge in [0.05, 0.1) is 45.7 Å². The standard InChI is InChI=1S/C4H6I2N2/c5-7-1-2-8(6)4-3-7/h1-2H,3-4H2. The molecule has 0 amide bonds. The molecule has 0 atom stereocenters. The molecule has 0 aromatic heterocycles. The van der Waals surface area contributed by atoms with E-state index in [1.807, 2.05) is 0 Å². The van der Waals surface area contributed by atoms with Crippen LogP contribution >= 0.6 is 45.7 Å². The monoisotopic (exact) mass is 336 g/mol. The third-order valence-corrected chi connectivity index (χ3v) is 2.53. The van der Waals surface area contributed by atoms with Gasteiger partial charge in [-0.05, 0) is 0 Å². The van der Waals surface area contributed by atoms with E-state index in [0.717, 1.165) is 13.1 Å². The first-order valence-electron chi connectivity index (χ1n) is 2.32. The zero-order valence-corrected chi connectivity index (χ0v) is 8.53. The van der Waals surface area contributed by atoms with Crippen LogP contribution in [0.1, 0.15) is 0 Å².